The quantitative estimate of drug-likeness (QED) is 0.381. The highest BCUT2D eigenvalue weighted by molar-refractivity contribution is 7.13. The average Bonchev–Trinajstić information content (AvgIpc) is 3.49. The second-order valence-electron chi connectivity index (χ2n) is 9.02. The fraction of sp³-hybridized carbons (Fsp3) is 0.240. The molecule has 33 heavy (non-hydrogen) atoms. The number of ether oxygens (including phenoxy) is 1. The van der Waals surface area contributed by atoms with Gasteiger partial charge in [0.05, 0.1) is 24.9 Å². The van der Waals surface area contributed by atoms with Crippen molar-refractivity contribution in [2.45, 2.75) is 32.7 Å². The van der Waals surface area contributed by atoms with Gasteiger partial charge in [-0.05, 0) is 42.0 Å². The zero-order valence-corrected chi connectivity index (χ0v) is 19.7. The lowest BCUT2D eigenvalue weighted by molar-refractivity contribution is 0.0996. The van der Waals surface area contributed by atoms with Gasteiger partial charge >= 0.3 is 0 Å². The molecule has 0 spiro atoms. The van der Waals surface area contributed by atoms with E-state index in [0.717, 1.165) is 38.5 Å². The maximum atomic E-state index is 11.9. The number of carbonyl (C=O) groups excluding carboxylic acids is 1. The van der Waals surface area contributed by atoms with Crippen molar-refractivity contribution < 1.29 is 13.9 Å². The molecule has 7 nitrogen and oxygen atoms in total. The highest BCUT2D eigenvalue weighted by Gasteiger charge is 2.20. The molecule has 0 fully saturated rings. The van der Waals surface area contributed by atoms with Crippen LogP contribution in [0.5, 0.6) is 5.75 Å². The van der Waals surface area contributed by atoms with Crippen LogP contribution in [-0.2, 0) is 12.0 Å². The number of fused-ring (bicyclic) bond motifs is 2. The van der Waals surface area contributed by atoms with Gasteiger partial charge in [-0.2, -0.15) is 5.10 Å². The first kappa shape index (κ1) is 21.2. The van der Waals surface area contributed by atoms with Crippen LogP contribution in [0.2, 0.25) is 0 Å². The standard InChI is InChI=1S/C25H24N4O3S/c1-25(2,3)21-13-33-24(27-21)20-10-15-9-14(5-8-19(15)32-20)12-29-18-7-6-16(31-4)11-17(18)22(28-29)23(26)30/h5-11,13H,12H2,1-4H3,(H2,26,30). The van der Waals surface area contributed by atoms with Gasteiger partial charge in [0.1, 0.15) is 11.3 Å². The summed E-state index contributed by atoms with van der Waals surface area (Å²) in [5.74, 6) is 0.837. The van der Waals surface area contributed by atoms with Crippen LogP contribution in [0, 0.1) is 0 Å². The van der Waals surface area contributed by atoms with E-state index in [4.69, 9.17) is 19.9 Å². The zero-order chi connectivity index (χ0) is 23.3. The summed E-state index contributed by atoms with van der Waals surface area (Å²) in [5, 5.41) is 9.09. The fourth-order valence-electron chi connectivity index (χ4n) is 3.79. The van der Waals surface area contributed by atoms with Gasteiger partial charge < -0.3 is 14.9 Å². The maximum absolute atomic E-state index is 11.9. The number of hydrogen-bond acceptors (Lipinski definition) is 6. The molecule has 3 aromatic heterocycles. The number of nitrogens with two attached hydrogens (primary N) is 1. The van der Waals surface area contributed by atoms with E-state index >= 15 is 0 Å². The Labute approximate surface area is 194 Å². The van der Waals surface area contributed by atoms with Crippen LogP contribution < -0.4 is 10.5 Å². The van der Waals surface area contributed by atoms with Gasteiger partial charge in [0.25, 0.3) is 5.91 Å². The molecular formula is C25H24N4O3S. The van der Waals surface area contributed by atoms with Crippen molar-refractivity contribution in [3.8, 4) is 16.5 Å². The van der Waals surface area contributed by atoms with Crippen LogP contribution >= 0.6 is 11.3 Å². The highest BCUT2D eigenvalue weighted by atomic mass is 32.1. The number of methoxy groups -OCH3 is 1. The first-order valence-corrected chi connectivity index (χ1v) is 11.4. The number of aromatic nitrogens is 3. The van der Waals surface area contributed by atoms with Gasteiger partial charge in [-0.15, -0.1) is 11.3 Å². The van der Waals surface area contributed by atoms with Gasteiger partial charge in [-0.25, -0.2) is 4.98 Å². The first-order chi connectivity index (χ1) is 15.7. The predicted molar refractivity (Wildman–Crippen MR) is 130 cm³/mol. The third kappa shape index (κ3) is 3.87. The Hall–Kier alpha value is -3.65. The van der Waals surface area contributed by atoms with Crippen molar-refractivity contribution >= 4 is 39.1 Å². The molecule has 0 unspecified atom stereocenters. The number of benzene rings is 2. The van der Waals surface area contributed by atoms with Gasteiger partial charge in [0, 0.05) is 21.6 Å². The molecule has 0 aliphatic rings. The van der Waals surface area contributed by atoms with Gasteiger partial charge in [-0.1, -0.05) is 26.8 Å². The van der Waals surface area contributed by atoms with Gasteiger partial charge in [0.2, 0.25) is 0 Å². The zero-order valence-electron chi connectivity index (χ0n) is 18.9. The molecule has 5 rings (SSSR count). The summed E-state index contributed by atoms with van der Waals surface area (Å²) in [5.41, 5.74) is 9.49. The summed E-state index contributed by atoms with van der Waals surface area (Å²) in [4.78, 5) is 16.7. The summed E-state index contributed by atoms with van der Waals surface area (Å²) < 4.78 is 13.1. The van der Waals surface area contributed by atoms with Crippen molar-refractivity contribution in [2.24, 2.45) is 5.73 Å². The number of carbonyl (C=O) groups is 1. The molecule has 1 amide bonds. The highest BCUT2D eigenvalue weighted by Crippen LogP contribution is 2.34. The number of amides is 1. The normalized spacial score (nSPS) is 12.0. The van der Waals surface area contributed by atoms with Crippen molar-refractivity contribution in [3.05, 3.63) is 64.8 Å². The van der Waals surface area contributed by atoms with Crippen LogP contribution in [0.3, 0.4) is 0 Å². The summed E-state index contributed by atoms with van der Waals surface area (Å²) in [6.45, 7) is 6.93. The van der Waals surface area contributed by atoms with E-state index in [1.165, 1.54) is 0 Å². The molecule has 2 aromatic carbocycles. The Balaban J connectivity index is 1.50. The van der Waals surface area contributed by atoms with Crippen LogP contribution in [0.25, 0.3) is 32.6 Å². The van der Waals surface area contributed by atoms with Crippen LogP contribution in [0.1, 0.15) is 42.5 Å². The van der Waals surface area contributed by atoms with Crippen molar-refractivity contribution in [1.82, 2.24) is 14.8 Å². The number of hydrogen-bond donors (Lipinski definition) is 1. The van der Waals surface area contributed by atoms with Crippen LogP contribution in [0.4, 0.5) is 0 Å². The Morgan fingerprint density at radius 1 is 1.18 bits per heavy atom. The Kier molecular flexibility index (Phi) is 4.97. The van der Waals surface area contributed by atoms with E-state index in [2.05, 4.69) is 37.3 Å². The lowest BCUT2D eigenvalue weighted by Gasteiger charge is -2.13. The molecule has 0 saturated heterocycles. The van der Waals surface area contributed by atoms with Crippen LogP contribution in [0.15, 0.2) is 52.3 Å². The molecular weight excluding hydrogens is 436 g/mol. The number of furan rings is 1. The largest absolute Gasteiger partial charge is 0.497 e. The van der Waals surface area contributed by atoms with Crippen LogP contribution in [-0.4, -0.2) is 27.8 Å². The number of primary amides is 1. The maximum Gasteiger partial charge on any atom is 0.269 e. The number of thiazole rings is 1. The molecule has 0 radical (unpaired) electrons. The molecule has 5 aromatic rings. The topological polar surface area (TPSA) is 96.2 Å². The number of nitrogens with zero attached hydrogens (tertiary/aromatic N) is 3. The molecule has 0 bridgehead atoms. The minimum absolute atomic E-state index is 0.00570. The van der Waals surface area contributed by atoms with E-state index in [1.807, 2.05) is 30.3 Å². The summed E-state index contributed by atoms with van der Waals surface area (Å²) in [7, 11) is 1.58. The minimum Gasteiger partial charge on any atom is -0.497 e. The molecule has 3 heterocycles. The van der Waals surface area contributed by atoms with E-state index in [0.29, 0.717) is 17.7 Å². The monoisotopic (exact) mass is 460 g/mol. The lowest BCUT2D eigenvalue weighted by atomic mass is 9.93. The second-order valence-corrected chi connectivity index (χ2v) is 9.88. The molecule has 8 heteroatoms. The average molecular weight is 461 g/mol. The molecule has 168 valence electrons. The van der Waals surface area contributed by atoms with Crippen molar-refractivity contribution in [1.29, 1.82) is 0 Å². The number of rotatable bonds is 5. The summed E-state index contributed by atoms with van der Waals surface area (Å²) in [6, 6.07) is 13.6. The molecule has 0 aliphatic carbocycles. The van der Waals surface area contributed by atoms with Crippen molar-refractivity contribution in [2.75, 3.05) is 7.11 Å². The predicted octanol–water partition coefficient (Wildman–Crippen LogP) is 5.36. The Morgan fingerprint density at radius 3 is 2.70 bits per heavy atom. The molecule has 0 atom stereocenters. The summed E-state index contributed by atoms with van der Waals surface area (Å²) in [6.07, 6.45) is 0. The smallest absolute Gasteiger partial charge is 0.269 e. The third-order valence-corrected chi connectivity index (χ3v) is 6.44. The first-order valence-electron chi connectivity index (χ1n) is 10.6. The van der Waals surface area contributed by atoms with Gasteiger partial charge in [0.15, 0.2) is 16.5 Å². The van der Waals surface area contributed by atoms with E-state index in [9.17, 15) is 4.79 Å². The van der Waals surface area contributed by atoms with E-state index in [-0.39, 0.29) is 11.1 Å². The minimum atomic E-state index is -0.569. The Morgan fingerprint density at radius 2 is 2.00 bits per heavy atom. The molecule has 0 saturated carbocycles. The third-order valence-electron chi connectivity index (χ3n) is 5.59. The summed E-state index contributed by atoms with van der Waals surface area (Å²) >= 11 is 1.59. The Bertz CT molecular complexity index is 1500. The lowest BCUT2D eigenvalue weighted by Crippen LogP contribution is -2.13. The molecule has 0 aliphatic heterocycles. The molecule has 2 N–H and O–H groups in total. The van der Waals surface area contributed by atoms with Crippen molar-refractivity contribution in [3.63, 3.8) is 0 Å². The van der Waals surface area contributed by atoms with E-state index < -0.39 is 5.91 Å². The van der Waals surface area contributed by atoms with E-state index in [1.54, 1.807) is 29.2 Å². The van der Waals surface area contributed by atoms with Gasteiger partial charge in [-0.3, -0.25) is 9.48 Å². The fourth-order valence-corrected chi connectivity index (χ4v) is 4.79. The SMILES string of the molecule is COc1ccc2c(c1)c(C(N)=O)nn2Cc1ccc2oc(-c3nc(C(C)(C)C)cs3)cc2c1. The second kappa shape index (κ2) is 7.74.